The summed E-state index contributed by atoms with van der Waals surface area (Å²) in [5.74, 6) is -0.0183. The quantitative estimate of drug-likeness (QED) is 0.905. The molecule has 0 spiro atoms. The summed E-state index contributed by atoms with van der Waals surface area (Å²) in [6.45, 7) is 0.360. The van der Waals surface area contributed by atoms with Gasteiger partial charge in [-0.1, -0.05) is 6.07 Å². The number of thiophene rings is 1. The molecule has 1 amide bonds. The Kier molecular flexibility index (Phi) is 4.03. The van der Waals surface area contributed by atoms with Gasteiger partial charge in [0.15, 0.2) is 0 Å². The molecule has 1 aliphatic heterocycles. The minimum absolute atomic E-state index is 0.0183. The molecule has 0 unspecified atom stereocenters. The molecule has 116 valence electrons. The summed E-state index contributed by atoms with van der Waals surface area (Å²) >= 11 is 1.61. The van der Waals surface area contributed by atoms with Crippen molar-refractivity contribution in [2.75, 3.05) is 18.5 Å². The minimum Gasteiger partial charge on any atom is -0.315 e. The third-order valence-electron chi connectivity index (χ3n) is 3.68. The molecule has 0 bridgehead atoms. The number of likely N-dealkylation sites (N-methyl/N-ethyl adjacent to an activating group) is 1. The van der Waals surface area contributed by atoms with E-state index in [1.54, 1.807) is 41.5 Å². The maximum atomic E-state index is 12.3. The van der Waals surface area contributed by atoms with Gasteiger partial charge in [-0.15, -0.1) is 11.3 Å². The molecule has 1 aromatic heterocycles. The van der Waals surface area contributed by atoms with Crippen molar-refractivity contribution in [3.05, 3.63) is 46.2 Å². The number of hydrogen-bond acceptors (Lipinski definition) is 4. The summed E-state index contributed by atoms with van der Waals surface area (Å²) in [7, 11) is -1.85. The smallest absolute Gasteiger partial charge is 0.240 e. The van der Waals surface area contributed by atoms with Gasteiger partial charge in [-0.25, -0.2) is 13.1 Å². The third kappa shape index (κ3) is 2.92. The zero-order valence-electron chi connectivity index (χ0n) is 12.1. The van der Waals surface area contributed by atoms with E-state index in [0.29, 0.717) is 13.0 Å². The van der Waals surface area contributed by atoms with Crippen LogP contribution in [0.3, 0.4) is 0 Å². The first kappa shape index (κ1) is 15.2. The van der Waals surface area contributed by atoms with E-state index < -0.39 is 10.0 Å². The largest absolute Gasteiger partial charge is 0.315 e. The lowest BCUT2D eigenvalue weighted by Crippen LogP contribution is -2.26. The number of carbonyl (C=O) groups excluding carboxylic acids is 1. The average Bonchev–Trinajstić information content (AvgIpc) is 3.08. The van der Waals surface area contributed by atoms with Crippen molar-refractivity contribution in [3.63, 3.8) is 0 Å². The molecule has 5 nitrogen and oxygen atoms in total. The van der Waals surface area contributed by atoms with Gasteiger partial charge in [-0.3, -0.25) is 4.79 Å². The number of fused-ring (bicyclic) bond motifs is 1. The van der Waals surface area contributed by atoms with Crippen molar-refractivity contribution in [2.45, 2.75) is 17.7 Å². The van der Waals surface area contributed by atoms with E-state index in [4.69, 9.17) is 0 Å². The molecule has 0 radical (unpaired) electrons. The van der Waals surface area contributed by atoms with Crippen LogP contribution in [-0.4, -0.2) is 27.9 Å². The Bertz CT molecular complexity index is 798. The Labute approximate surface area is 133 Å². The van der Waals surface area contributed by atoms with Crippen LogP contribution < -0.4 is 9.62 Å². The second-order valence-corrected chi connectivity index (χ2v) is 7.95. The number of rotatable bonds is 5. The zero-order valence-corrected chi connectivity index (χ0v) is 13.7. The highest BCUT2D eigenvalue weighted by Crippen LogP contribution is 2.29. The fraction of sp³-hybridized carbons (Fsp3) is 0.267. The van der Waals surface area contributed by atoms with E-state index in [1.807, 2.05) is 17.5 Å². The van der Waals surface area contributed by atoms with E-state index >= 15 is 0 Å². The van der Waals surface area contributed by atoms with E-state index in [2.05, 4.69) is 4.72 Å². The number of benzene rings is 1. The van der Waals surface area contributed by atoms with Gasteiger partial charge in [0, 0.05) is 24.2 Å². The van der Waals surface area contributed by atoms with Crippen LogP contribution in [0.1, 0.15) is 10.4 Å². The lowest BCUT2D eigenvalue weighted by atomic mass is 10.2. The molecule has 1 aromatic carbocycles. The highest BCUT2D eigenvalue weighted by molar-refractivity contribution is 7.89. The van der Waals surface area contributed by atoms with Crippen molar-refractivity contribution >= 4 is 33.0 Å². The van der Waals surface area contributed by atoms with Crippen LogP contribution in [0.25, 0.3) is 0 Å². The van der Waals surface area contributed by atoms with Crippen LogP contribution in [0.2, 0.25) is 0 Å². The van der Waals surface area contributed by atoms with Gasteiger partial charge in [0.05, 0.1) is 11.3 Å². The van der Waals surface area contributed by atoms with Crippen LogP contribution in [0.4, 0.5) is 5.69 Å². The van der Waals surface area contributed by atoms with Gasteiger partial charge in [0.25, 0.3) is 0 Å². The summed E-state index contributed by atoms with van der Waals surface area (Å²) in [6.07, 6.45) is 0.924. The fourth-order valence-corrected chi connectivity index (χ4v) is 4.25. The van der Waals surface area contributed by atoms with E-state index in [9.17, 15) is 13.2 Å². The number of amides is 1. The number of sulfonamides is 1. The first-order valence-electron chi connectivity index (χ1n) is 6.89. The summed E-state index contributed by atoms with van der Waals surface area (Å²) in [5.41, 5.74) is 1.54. The predicted molar refractivity (Wildman–Crippen MR) is 86.8 cm³/mol. The molecule has 0 aliphatic carbocycles. The Morgan fingerprint density at radius 1 is 1.32 bits per heavy atom. The molecular weight excluding hydrogens is 320 g/mol. The molecule has 1 N–H and O–H groups in total. The second-order valence-electron chi connectivity index (χ2n) is 5.15. The van der Waals surface area contributed by atoms with Gasteiger partial charge in [-0.05, 0) is 41.6 Å². The monoisotopic (exact) mass is 336 g/mol. The fourth-order valence-electron chi connectivity index (χ4n) is 2.46. The van der Waals surface area contributed by atoms with Crippen LogP contribution in [0.5, 0.6) is 0 Å². The Morgan fingerprint density at radius 2 is 2.14 bits per heavy atom. The minimum atomic E-state index is -3.55. The number of hydrogen-bond donors (Lipinski definition) is 1. The average molecular weight is 336 g/mol. The molecule has 7 heteroatoms. The maximum Gasteiger partial charge on any atom is 0.240 e. The summed E-state index contributed by atoms with van der Waals surface area (Å²) in [5, 5.41) is 1.97. The molecule has 0 fully saturated rings. The van der Waals surface area contributed by atoms with Crippen molar-refractivity contribution < 1.29 is 13.2 Å². The number of nitrogens with one attached hydrogen (secondary N) is 1. The van der Waals surface area contributed by atoms with E-state index in [-0.39, 0.29) is 17.2 Å². The molecule has 3 rings (SSSR count). The summed E-state index contributed by atoms with van der Waals surface area (Å²) in [6, 6.07) is 8.75. The van der Waals surface area contributed by atoms with E-state index in [0.717, 1.165) is 16.1 Å². The van der Waals surface area contributed by atoms with Gasteiger partial charge in [-0.2, -0.15) is 0 Å². The summed E-state index contributed by atoms with van der Waals surface area (Å²) in [4.78, 5) is 14.6. The van der Waals surface area contributed by atoms with E-state index in [1.165, 1.54) is 0 Å². The number of carbonyl (C=O) groups is 1. The molecule has 0 saturated carbocycles. The first-order valence-corrected chi connectivity index (χ1v) is 9.25. The third-order valence-corrected chi connectivity index (χ3v) is 6.08. The van der Waals surface area contributed by atoms with Crippen molar-refractivity contribution in [1.82, 2.24) is 4.72 Å². The SMILES string of the molecule is CN1C(=O)Cc2cc(S(=O)(=O)NCCc3cccs3)ccc21. The lowest BCUT2D eigenvalue weighted by Gasteiger charge is -2.11. The van der Waals surface area contributed by atoms with Crippen LogP contribution in [-0.2, 0) is 27.7 Å². The van der Waals surface area contributed by atoms with Gasteiger partial charge >= 0.3 is 0 Å². The van der Waals surface area contributed by atoms with Gasteiger partial charge in [0.2, 0.25) is 15.9 Å². The second kappa shape index (κ2) is 5.83. The molecule has 1 aliphatic rings. The van der Waals surface area contributed by atoms with Crippen molar-refractivity contribution in [1.29, 1.82) is 0 Å². The molecular formula is C15H16N2O3S2. The normalized spacial score (nSPS) is 14.4. The van der Waals surface area contributed by atoms with Crippen LogP contribution >= 0.6 is 11.3 Å². The van der Waals surface area contributed by atoms with Crippen LogP contribution in [0, 0.1) is 0 Å². The lowest BCUT2D eigenvalue weighted by molar-refractivity contribution is -0.117. The Morgan fingerprint density at radius 3 is 2.86 bits per heavy atom. The molecule has 0 atom stereocenters. The molecule has 22 heavy (non-hydrogen) atoms. The maximum absolute atomic E-state index is 12.3. The standard InChI is InChI=1S/C15H16N2O3S2/c1-17-14-5-4-13(9-11(14)10-15(17)18)22(19,20)16-7-6-12-3-2-8-21-12/h2-5,8-9,16H,6-7,10H2,1H3. The molecule has 2 heterocycles. The highest BCUT2D eigenvalue weighted by Gasteiger charge is 2.26. The molecule has 2 aromatic rings. The zero-order chi connectivity index (χ0) is 15.7. The number of nitrogens with zero attached hydrogens (tertiary/aromatic N) is 1. The first-order chi connectivity index (χ1) is 10.5. The Hall–Kier alpha value is -1.70. The highest BCUT2D eigenvalue weighted by atomic mass is 32.2. The van der Waals surface area contributed by atoms with Gasteiger partial charge < -0.3 is 4.90 Å². The number of anilines is 1. The summed E-state index contributed by atoms with van der Waals surface area (Å²) < 4.78 is 27.2. The Balaban J connectivity index is 1.73. The predicted octanol–water partition coefficient (Wildman–Crippen LogP) is 1.79. The van der Waals surface area contributed by atoms with Gasteiger partial charge in [0.1, 0.15) is 0 Å². The van der Waals surface area contributed by atoms with Crippen molar-refractivity contribution in [2.24, 2.45) is 0 Å². The molecule has 0 saturated heterocycles. The topological polar surface area (TPSA) is 66.5 Å². The van der Waals surface area contributed by atoms with Crippen LogP contribution in [0.15, 0.2) is 40.6 Å². The van der Waals surface area contributed by atoms with Crippen molar-refractivity contribution in [3.8, 4) is 0 Å².